The van der Waals surface area contributed by atoms with E-state index in [0.717, 1.165) is 30.1 Å². The Morgan fingerprint density at radius 1 is 1.04 bits per heavy atom. The molecule has 0 atom stereocenters. The Labute approximate surface area is 135 Å². The van der Waals surface area contributed by atoms with Crippen LogP contribution in [0.4, 0.5) is 0 Å². The van der Waals surface area contributed by atoms with Crippen LogP contribution in [0.3, 0.4) is 0 Å². The maximum Gasteiger partial charge on any atom is 0.120 e. The molecule has 0 amide bonds. The highest BCUT2D eigenvalue weighted by Crippen LogP contribution is 2.23. The summed E-state index contributed by atoms with van der Waals surface area (Å²) in [7, 11) is 0. The molecule has 3 rings (SSSR count). The molecule has 0 fully saturated rings. The van der Waals surface area contributed by atoms with Crippen LogP contribution in [0.25, 0.3) is 11.3 Å². The lowest BCUT2D eigenvalue weighted by Crippen LogP contribution is -2.22. The van der Waals surface area contributed by atoms with Crippen LogP contribution >= 0.6 is 0 Å². The fourth-order valence-electron chi connectivity index (χ4n) is 2.22. The third-order valence-corrected chi connectivity index (χ3v) is 3.23. The van der Waals surface area contributed by atoms with E-state index in [1.165, 1.54) is 0 Å². The van der Waals surface area contributed by atoms with Gasteiger partial charge in [0.15, 0.2) is 0 Å². The van der Waals surface area contributed by atoms with E-state index in [4.69, 9.17) is 4.74 Å². The summed E-state index contributed by atoms with van der Waals surface area (Å²) in [6, 6.07) is 9.84. The first-order valence-electron chi connectivity index (χ1n) is 7.67. The first-order chi connectivity index (χ1) is 11.0. The second-order valence-corrected chi connectivity index (χ2v) is 6.37. The number of ether oxygens (including phenoxy) is 1. The van der Waals surface area contributed by atoms with Crippen LogP contribution in [0.5, 0.6) is 5.75 Å². The Morgan fingerprint density at radius 3 is 2.43 bits per heavy atom. The van der Waals surface area contributed by atoms with Gasteiger partial charge < -0.3 is 4.74 Å². The van der Waals surface area contributed by atoms with Crippen molar-refractivity contribution in [3.8, 4) is 17.0 Å². The van der Waals surface area contributed by atoms with Crippen molar-refractivity contribution >= 4 is 0 Å². The van der Waals surface area contributed by atoms with Crippen LogP contribution < -0.4 is 4.74 Å². The van der Waals surface area contributed by atoms with E-state index in [1.54, 1.807) is 6.20 Å². The zero-order chi connectivity index (χ0) is 16.3. The average molecular weight is 311 g/mol. The highest BCUT2D eigenvalue weighted by atomic mass is 16.5. The van der Waals surface area contributed by atoms with Gasteiger partial charge in [0.2, 0.25) is 0 Å². The van der Waals surface area contributed by atoms with E-state index in [9.17, 15) is 0 Å². The van der Waals surface area contributed by atoms with E-state index in [0.29, 0.717) is 0 Å². The van der Waals surface area contributed by atoms with Gasteiger partial charge >= 0.3 is 0 Å². The molecule has 23 heavy (non-hydrogen) atoms. The summed E-state index contributed by atoms with van der Waals surface area (Å²) in [5.41, 5.74) is 1.68. The van der Waals surface area contributed by atoms with Gasteiger partial charge in [-0.3, -0.25) is 9.36 Å². The summed E-state index contributed by atoms with van der Waals surface area (Å²) in [6.07, 6.45) is 5.66. The highest BCUT2D eigenvalue weighted by Gasteiger charge is 2.12. The molecule has 120 valence electrons. The first-order valence-corrected chi connectivity index (χ1v) is 7.67. The van der Waals surface area contributed by atoms with Crippen molar-refractivity contribution in [2.24, 2.45) is 0 Å². The SMILES string of the molecule is CC(C)(C)Oc1ccc(-c2cn(CCn3cccn3)nn2)cc1. The molecule has 2 heterocycles. The molecule has 0 bridgehead atoms. The second-order valence-electron chi connectivity index (χ2n) is 6.37. The van der Waals surface area contributed by atoms with Gasteiger partial charge in [0.05, 0.1) is 19.3 Å². The molecule has 0 spiro atoms. The topological polar surface area (TPSA) is 57.8 Å². The molecule has 0 unspecified atom stereocenters. The Bertz CT molecular complexity index is 738. The summed E-state index contributed by atoms with van der Waals surface area (Å²) >= 11 is 0. The predicted molar refractivity (Wildman–Crippen MR) is 88.1 cm³/mol. The van der Waals surface area contributed by atoms with E-state index in [-0.39, 0.29) is 5.60 Å². The van der Waals surface area contributed by atoms with Gasteiger partial charge in [0, 0.05) is 18.0 Å². The Morgan fingerprint density at radius 2 is 1.78 bits per heavy atom. The van der Waals surface area contributed by atoms with Crippen molar-refractivity contribution in [3.63, 3.8) is 0 Å². The molecule has 0 radical (unpaired) electrons. The van der Waals surface area contributed by atoms with Crippen molar-refractivity contribution in [2.75, 3.05) is 0 Å². The molecule has 0 aliphatic heterocycles. The normalized spacial score (nSPS) is 11.6. The molecule has 0 aliphatic rings. The molecule has 2 aromatic heterocycles. The largest absolute Gasteiger partial charge is 0.488 e. The maximum absolute atomic E-state index is 5.83. The van der Waals surface area contributed by atoms with Crippen molar-refractivity contribution in [1.29, 1.82) is 0 Å². The summed E-state index contributed by atoms with van der Waals surface area (Å²) < 4.78 is 9.53. The summed E-state index contributed by atoms with van der Waals surface area (Å²) in [6.45, 7) is 7.61. The number of aryl methyl sites for hydroxylation is 2. The van der Waals surface area contributed by atoms with Gasteiger partial charge in [-0.2, -0.15) is 5.10 Å². The van der Waals surface area contributed by atoms with Crippen LogP contribution in [-0.4, -0.2) is 30.4 Å². The smallest absolute Gasteiger partial charge is 0.120 e. The maximum atomic E-state index is 5.83. The predicted octanol–water partition coefficient (Wildman–Crippen LogP) is 3.02. The van der Waals surface area contributed by atoms with Gasteiger partial charge in [-0.1, -0.05) is 5.21 Å². The lowest BCUT2D eigenvalue weighted by molar-refractivity contribution is 0.131. The molecule has 0 saturated carbocycles. The molecule has 0 aliphatic carbocycles. The van der Waals surface area contributed by atoms with E-state index in [2.05, 4.69) is 15.4 Å². The third kappa shape index (κ3) is 4.18. The van der Waals surface area contributed by atoms with E-state index >= 15 is 0 Å². The number of hydrogen-bond acceptors (Lipinski definition) is 4. The third-order valence-electron chi connectivity index (χ3n) is 3.23. The molecule has 1 aromatic carbocycles. The zero-order valence-electron chi connectivity index (χ0n) is 13.7. The quantitative estimate of drug-likeness (QED) is 0.727. The fraction of sp³-hybridized carbons (Fsp3) is 0.353. The molecule has 6 nitrogen and oxygen atoms in total. The molecular weight excluding hydrogens is 290 g/mol. The Kier molecular flexibility index (Phi) is 4.14. The van der Waals surface area contributed by atoms with E-state index in [1.807, 2.05) is 72.9 Å². The van der Waals surface area contributed by atoms with Gasteiger partial charge in [-0.25, -0.2) is 0 Å². The van der Waals surface area contributed by atoms with Crippen molar-refractivity contribution in [1.82, 2.24) is 24.8 Å². The van der Waals surface area contributed by atoms with Gasteiger partial charge in [-0.05, 0) is 51.1 Å². The number of rotatable bonds is 5. The van der Waals surface area contributed by atoms with Crippen LogP contribution in [-0.2, 0) is 13.1 Å². The van der Waals surface area contributed by atoms with Crippen LogP contribution in [0.15, 0.2) is 48.9 Å². The lowest BCUT2D eigenvalue weighted by atomic mass is 10.1. The van der Waals surface area contributed by atoms with Crippen molar-refractivity contribution in [3.05, 3.63) is 48.9 Å². The van der Waals surface area contributed by atoms with Crippen molar-refractivity contribution < 1.29 is 4.74 Å². The standard InChI is InChI=1S/C17H21N5O/c1-17(2,3)23-15-7-5-14(6-8-15)16-13-22(20-19-16)12-11-21-10-4-9-18-21/h4-10,13H,11-12H2,1-3H3. The molecule has 6 heteroatoms. The van der Waals surface area contributed by atoms with E-state index < -0.39 is 0 Å². The van der Waals surface area contributed by atoms with Crippen LogP contribution in [0, 0.1) is 0 Å². The molecule has 0 saturated heterocycles. The summed E-state index contributed by atoms with van der Waals surface area (Å²) in [5, 5.41) is 12.6. The highest BCUT2D eigenvalue weighted by molar-refractivity contribution is 5.58. The minimum atomic E-state index is -0.197. The number of aromatic nitrogens is 5. The first kappa shape index (κ1) is 15.3. The second kappa shape index (κ2) is 6.24. The minimum absolute atomic E-state index is 0.197. The number of nitrogens with zero attached hydrogens (tertiary/aromatic N) is 5. The Balaban J connectivity index is 1.65. The van der Waals surface area contributed by atoms with Gasteiger partial charge in [0.25, 0.3) is 0 Å². The average Bonchev–Trinajstić information content (AvgIpc) is 3.16. The number of hydrogen-bond donors (Lipinski definition) is 0. The number of benzene rings is 1. The molecule has 3 aromatic rings. The van der Waals surface area contributed by atoms with Crippen molar-refractivity contribution in [2.45, 2.75) is 39.5 Å². The molecule has 0 N–H and O–H groups in total. The Hall–Kier alpha value is -2.63. The lowest BCUT2D eigenvalue weighted by Gasteiger charge is -2.21. The van der Waals surface area contributed by atoms with Crippen LogP contribution in [0.2, 0.25) is 0 Å². The zero-order valence-corrected chi connectivity index (χ0v) is 13.7. The van der Waals surface area contributed by atoms with Gasteiger partial charge in [-0.15, -0.1) is 5.10 Å². The minimum Gasteiger partial charge on any atom is -0.488 e. The fourth-order valence-corrected chi connectivity index (χ4v) is 2.22. The molecular formula is C17H21N5O. The van der Waals surface area contributed by atoms with Crippen LogP contribution in [0.1, 0.15) is 20.8 Å². The van der Waals surface area contributed by atoms with Gasteiger partial charge in [0.1, 0.15) is 17.0 Å². The summed E-state index contributed by atoms with van der Waals surface area (Å²) in [5.74, 6) is 0.854. The summed E-state index contributed by atoms with van der Waals surface area (Å²) in [4.78, 5) is 0. The monoisotopic (exact) mass is 311 g/mol.